The van der Waals surface area contributed by atoms with Crippen molar-refractivity contribution >= 4 is 5.97 Å². The van der Waals surface area contributed by atoms with Gasteiger partial charge >= 0.3 is 5.97 Å². The first-order chi connectivity index (χ1) is 10.6. The molecule has 2 N–H and O–H groups in total. The first kappa shape index (κ1) is 17.0. The Morgan fingerprint density at radius 1 is 1.26 bits per heavy atom. The van der Waals surface area contributed by atoms with Crippen molar-refractivity contribution in [2.24, 2.45) is 28.6 Å². The van der Waals surface area contributed by atoms with Gasteiger partial charge in [0.25, 0.3) is 0 Å². The Kier molecular flexibility index (Phi) is 3.95. The molecule has 0 saturated heterocycles. The van der Waals surface area contributed by atoms with Gasteiger partial charge in [-0.3, -0.25) is 4.79 Å². The first-order valence-corrected chi connectivity index (χ1v) is 9.20. The molecule has 6 unspecified atom stereocenters. The molecule has 0 aromatic heterocycles. The highest BCUT2D eigenvalue weighted by Gasteiger charge is 2.63. The van der Waals surface area contributed by atoms with Gasteiger partial charge in [-0.25, -0.2) is 0 Å². The van der Waals surface area contributed by atoms with Crippen molar-refractivity contribution in [1.82, 2.24) is 0 Å². The molecular weight excluding hydrogens is 288 g/mol. The Bertz CT molecular complexity index is 523. The summed E-state index contributed by atoms with van der Waals surface area (Å²) in [5, 5.41) is 20.1. The Balaban J connectivity index is 1.96. The van der Waals surface area contributed by atoms with Gasteiger partial charge in [0.1, 0.15) is 0 Å². The zero-order valence-electron chi connectivity index (χ0n) is 14.9. The van der Waals surface area contributed by atoms with Gasteiger partial charge in [0.15, 0.2) is 0 Å². The average molecular weight is 320 g/mol. The zero-order chi connectivity index (χ0) is 17.0. The normalized spacial score (nSPS) is 48.8. The van der Waals surface area contributed by atoms with Crippen LogP contribution in [0.2, 0.25) is 0 Å². The molecule has 130 valence electrons. The van der Waals surface area contributed by atoms with Crippen molar-refractivity contribution in [2.45, 2.75) is 77.7 Å². The predicted molar refractivity (Wildman–Crippen MR) is 91.0 cm³/mol. The maximum absolute atomic E-state index is 11.2. The van der Waals surface area contributed by atoms with E-state index in [1.807, 2.05) is 6.92 Å². The van der Waals surface area contributed by atoms with Gasteiger partial charge in [0.2, 0.25) is 0 Å². The van der Waals surface area contributed by atoms with Crippen molar-refractivity contribution in [3.63, 3.8) is 0 Å². The molecule has 4 saturated carbocycles. The fraction of sp³-hybridized carbons (Fsp3) is 0.850. The molecule has 0 aliphatic heterocycles. The van der Waals surface area contributed by atoms with E-state index in [0.29, 0.717) is 17.8 Å². The first-order valence-electron chi connectivity index (χ1n) is 9.20. The molecule has 0 heterocycles. The van der Waals surface area contributed by atoms with Gasteiger partial charge in [-0.15, -0.1) is 0 Å². The molecule has 4 rings (SSSR count). The topological polar surface area (TPSA) is 57.5 Å². The number of fused-ring (bicyclic) bond motifs is 2. The summed E-state index contributed by atoms with van der Waals surface area (Å²) in [6.07, 6.45) is 7.56. The van der Waals surface area contributed by atoms with Crippen molar-refractivity contribution in [3.8, 4) is 0 Å². The van der Waals surface area contributed by atoms with Gasteiger partial charge in [0.05, 0.1) is 5.60 Å². The van der Waals surface area contributed by atoms with E-state index in [1.165, 1.54) is 18.4 Å². The average Bonchev–Trinajstić information content (AvgIpc) is 2.43. The minimum Gasteiger partial charge on any atom is -0.481 e. The van der Waals surface area contributed by atoms with E-state index in [1.54, 1.807) is 0 Å². The number of aliphatic carboxylic acids is 1. The Morgan fingerprint density at radius 2 is 1.91 bits per heavy atom. The summed E-state index contributed by atoms with van der Waals surface area (Å²) < 4.78 is 0. The fourth-order valence-electron chi connectivity index (χ4n) is 6.82. The van der Waals surface area contributed by atoms with E-state index >= 15 is 0 Å². The van der Waals surface area contributed by atoms with Crippen molar-refractivity contribution in [2.75, 3.05) is 0 Å². The van der Waals surface area contributed by atoms with E-state index in [9.17, 15) is 15.0 Å². The second-order valence-corrected chi connectivity index (χ2v) is 9.26. The second kappa shape index (κ2) is 5.34. The fourth-order valence-corrected chi connectivity index (χ4v) is 6.82. The smallest absolute Gasteiger partial charge is 0.303 e. The summed E-state index contributed by atoms with van der Waals surface area (Å²) in [6.45, 7) is 10.7. The molecule has 3 heteroatoms. The molecule has 6 atom stereocenters. The summed E-state index contributed by atoms with van der Waals surface area (Å²) in [4.78, 5) is 11.2. The lowest BCUT2D eigenvalue weighted by Gasteiger charge is -2.67. The van der Waals surface area contributed by atoms with E-state index in [4.69, 9.17) is 0 Å². The monoisotopic (exact) mass is 320 g/mol. The quantitative estimate of drug-likeness (QED) is 0.755. The van der Waals surface area contributed by atoms with Crippen LogP contribution in [-0.2, 0) is 4.79 Å². The number of rotatable bonds is 4. The van der Waals surface area contributed by atoms with E-state index in [2.05, 4.69) is 20.4 Å². The van der Waals surface area contributed by atoms with Gasteiger partial charge in [-0.05, 0) is 87.4 Å². The van der Waals surface area contributed by atoms with Crippen molar-refractivity contribution in [1.29, 1.82) is 0 Å². The molecule has 0 amide bonds. The zero-order valence-corrected chi connectivity index (χ0v) is 14.9. The molecular formula is C20H32O3. The number of allylic oxidation sites excluding steroid dienone is 1. The maximum Gasteiger partial charge on any atom is 0.303 e. The summed E-state index contributed by atoms with van der Waals surface area (Å²) >= 11 is 0. The highest BCUT2D eigenvalue weighted by Crippen LogP contribution is 2.69. The summed E-state index contributed by atoms with van der Waals surface area (Å²) in [6, 6.07) is 0. The number of carboxylic acids is 1. The molecule has 4 aliphatic carbocycles. The van der Waals surface area contributed by atoms with E-state index in [-0.39, 0.29) is 17.3 Å². The minimum atomic E-state index is -0.695. The lowest BCUT2D eigenvalue weighted by molar-refractivity contribution is -0.208. The molecule has 0 aromatic rings. The lowest BCUT2D eigenvalue weighted by Crippen LogP contribution is -2.62. The second-order valence-electron chi connectivity index (χ2n) is 9.26. The molecule has 2 bridgehead atoms. The number of hydrogen-bond acceptors (Lipinski definition) is 2. The number of hydrogen-bond donors (Lipinski definition) is 2. The van der Waals surface area contributed by atoms with E-state index < -0.39 is 11.6 Å². The number of carbonyl (C=O) groups is 1. The molecule has 0 aromatic carbocycles. The molecule has 4 fully saturated rings. The largest absolute Gasteiger partial charge is 0.481 e. The number of aliphatic hydroxyl groups is 1. The maximum atomic E-state index is 11.2. The highest BCUT2D eigenvalue weighted by molar-refractivity contribution is 5.66. The Morgan fingerprint density at radius 3 is 2.48 bits per heavy atom. The van der Waals surface area contributed by atoms with Crippen LogP contribution >= 0.6 is 0 Å². The third-order valence-electron chi connectivity index (χ3n) is 7.83. The molecule has 0 radical (unpaired) electrons. The van der Waals surface area contributed by atoms with Crippen LogP contribution in [-0.4, -0.2) is 21.8 Å². The summed E-state index contributed by atoms with van der Waals surface area (Å²) in [7, 11) is 0. The van der Waals surface area contributed by atoms with Crippen LogP contribution < -0.4 is 0 Å². The van der Waals surface area contributed by atoms with Crippen molar-refractivity contribution < 1.29 is 15.0 Å². The van der Waals surface area contributed by atoms with Crippen LogP contribution in [0.15, 0.2) is 12.2 Å². The predicted octanol–water partition coefficient (Wildman–Crippen LogP) is 4.40. The molecule has 4 aliphatic rings. The standard InChI is InChI=1S/C20H32O3/c1-13(2)15-6-10-20-9-5-14(19(4,23)12-20)11-16(20)18(15,3)8-7-17(21)22/h14-16,23H,1,5-12H2,2-4H3,(H,21,22). The summed E-state index contributed by atoms with van der Waals surface area (Å²) in [5.74, 6) is 0.632. The Hall–Kier alpha value is -0.830. The van der Waals surface area contributed by atoms with Gasteiger partial charge in [-0.1, -0.05) is 19.1 Å². The van der Waals surface area contributed by atoms with Gasteiger partial charge in [0, 0.05) is 6.42 Å². The minimum absolute atomic E-state index is 0.0116. The molecule has 3 nitrogen and oxygen atoms in total. The van der Waals surface area contributed by atoms with Gasteiger partial charge in [-0.2, -0.15) is 0 Å². The number of carboxylic acid groups (broad SMARTS) is 1. The lowest BCUT2D eigenvalue weighted by atomic mass is 9.38. The third kappa shape index (κ3) is 2.56. The van der Waals surface area contributed by atoms with Crippen LogP contribution in [0.3, 0.4) is 0 Å². The van der Waals surface area contributed by atoms with Crippen LogP contribution in [0.1, 0.15) is 72.1 Å². The van der Waals surface area contributed by atoms with Crippen LogP contribution in [0.25, 0.3) is 0 Å². The Labute approximate surface area is 140 Å². The molecule has 1 spiro atoms. The highest BCUT2D eigenvalue weighted by atomic mass is 16.4. The van der Waals surface area contributed by atoms with Crippen LogP contribution in [0.4, 0.5) is 0 Å². The SMILES string of the molecule is C=C(C)C1CCC23CCC(CC2C1(C)CCC(=O)O)C(C)(O)C3. The van der Waals surface area contributed by atoms with Crippen LogP contribution in [0.5, 0.6) is 0 Å². The summed E-state index contributed by atoms with van der Waals surface area (Å²) in [5.41, 5.74) is 0.911. The van der Waals surface area contributed by atoms with Crippen LogP contribution in [0, 0.1) is 28.6 Å². The molecule has 23 heavy (non-hydrogen) atoms. The third-order valence-corrected chi connectivity index (χ3v) is 7.83. The van der Waals surface area contributed by atoms with Crippen molar-refractivity contribution in [3.05, 3.63) is 12.2 Å². The van der Waals surface area contributed by atoms with Gasteiger partial charge < -0.3 is 10.2 Å². The van der Waals surface area contributed by atoms with E-state index in [0.717, 1.165) is 32.1 Å².